The van der Waals surface area contributed by atoms with E-state index in [1.807, 2.05) is 18.3 Å². The summed E-state index contributed by atoms with van der Waals surface area (Å²) in [5.74, 6) is 0. The van der Waals surface area contributed by atoms with Crippen molar-refractivity contribution in [2.45, 2.75) is 63.8 Å². The zero-order valence-electron chi connectivity index (χ0n) is 14.5. The van der Waals surface area contributed by atoms with Gasteiger partial charge in [0.1, 0.15) is 0 Å². The molecule has 4 nitrogen and oxygen atoms in total. The Labute approximate surface area is 153 Å². The number of fused-ring (bicyclic) bond motifs is 1. The van der Waals surface area contributed by atoms with Gasteiger partial charge in [0.05, 0.1) is 5.02 Å². The molecule has 2 aliphatic rings. The number of carbonyl (C=O) groups is 1. The zero-order valence-corrected chi connectivity index (χ0v) is 15.3. The second-order valence-corrected chi connectivity index (χ2v) is 8.24. The molecule has 0 radical (unpaired) electrons. The number of benzene rings is 1. The van der Waals surface area contributed by atoms with Crippen LogP contribution in [0, 0.1) is 5.41 Å². The van der Waals surface area contributed by atoms with Gasteiger partial charge in [-0.25, -0.2) is 4.79 Å². The maximum Gasteiger partial charge on any atom is 0.319 e. The Morgan fingerprint density at radius 3 is 2.64 bits per heavy atom. The number of halogens is 1. The number of H-pyrrole nitrogens is 1. The van der Waals surface area contributed by atoms with Crippen LogP contribution in [0.3, 0.4) is 0 Å². The first-order valence-electron chi connectivity index (χ1n) is 9.48. The molecule has 2 fully saturated rings. The van der Waals surface area contributed by atoms with Crippen LogP contribution in [-0.4, -0.2) is 17.1 Å². The molecule has 3 N–H and O–H groups in total. The minimum absolute atomic E-state index is 0.133. The molecule has 0 aliphatic heterocycles. The van der Waals surface area contributed by atoms with Gasteiger partial charge in [-0.15, -0.1) is 0 Å². The predicted octanol–water partition coefficient (Wildman–Crippen LogP) is 5.84. The fourth-order valence-electron chi connectivity index (χ4n) is 4.72. The third kappa shape index (κ3) is 3.64. The third-order valence-electron chi connectivity index (χ3n) is 6.17. The van der Waals surface area contributed by atoms with Crippen molar-refractivity contribution in [3.63, 3.8) is 0 Å². The Morgan fingerprint density at radius 2 is 1.88 bits per heavy atom. The average Bonchev–Trinajstić information content (AvgIpc) is 3.07. The smallest absolute Gasteiger partial charge is 0.319 e. The highest BCUT2D eigenvalue weighted by Crippen LogP contribution is 2.47. The summed E-state index contributed by atoms with van der Waals surface area (Å²) >= 11 is 6.27. The summed E-state index contributed by atoms with van der Waals surface area (Å²) in [6.07, 6.45) is 13.5. The van der Waals surface area contributed by atoms with Crippen LogP contribution in [0.1, 0.15) is 57.8 Å². The van der Waals surface area contributed by atoms with Crippen molar-refractivity contribution >= 4 is 34.2 Å². The Bertz CT molecular complexity index is 753. The standard InChI is InChI=1S/C20H26ClN3O/c21-17-12-15(13-18-16(17)6-11-22-18)24-19(25)23-14-4-9-20(10-5-14)7-2-1-3-8-20/h6,11-14,22H,1-5,7-10H2,(H2,23,24,25). The number of aromatic nitrogens is 1. The van der Waals surface area contributed by atoms with Gasteiger partial charge in [0.15, 0.2) is 0 Å². The van der Waals surface area contributed by atoms with Gasteiger partial charge in [0.2, 0.25) is 0 Å². The van der Waals surface area contributed by atoms with Crippen LogP contribution in [0.4, 0.5) is 10.5 Å². The van der Waals surface area contributed by atoms with Crippen LogP contribution in [0.25, 0.3) is 10.9 Å². The number of anilines is 1. The van der Waals surface area contributed by atoms with Gasteiger partial charge < -0.3 is 15.6 Å². The lowest BCUT2D eigenvalue weighted by Gasteiger charge is -2.43. The molecule has 4 rings (SSSR count). The van der Waals surface area contributed by atoms with Crippen molar-refractivity contribution in [1.29, 1.82) is 0 Å². The lowest BCUT2D eigenvalue weighted by Crippen LogP contribution is -2.43. The molecule has 1 aromatic carbocycles. The van der Waals surface area contributed by atoms with Gasteiger partial charge in [-0.1, -0.05) is 30.9 Å². The maximum absolute atomic E-state index is 12.4. The molecule has 0 atom stereocenters. The fraction of sp³-hybridized carbons (Fsp3) is 0.550. The van der Waals surface area contributed by atoms with E-state index in [9.17, 15) is 4.79 Å². The first-order valence-corrected chi connectivity index (χ1v) is 9.86. The molecule has 0 unspecified atom stereocenters. The monoisotopic (exact) mass is 359 g/mol. The van der Waals surface area contributed by atoms with Crippen molar-refractivity contribution in [1.82, 2.24) is 10.3 Å². The largest absolute Gasteiger partial charge is 0.361 e. The van der Waals surface area contributed by atoms with Crippen LogP contribution in [0.2, 0.25) is 5.02 Å². The summed E-state index contributed by atoms with van der Waals surface area (Å²) in [6.45, 7) is 0. The molecule has 2 saturated carbocycles. The second-order valence-electron chi connectivity index (χ2n) is 7.83. The molecule has 134 valence electrons. The predicted molar refractivity (Wildman–Crippen MR) is 103 cm³/mol. The summed E-state index contributed by atoms with van der Waals surface area (Å²) in [7, 11) is 0. The van der Waals surface area contributed by atoms with Gasteiger partial charge >= 0.3 is 6.03 Å². The minimum Gasteiger partial charge on any atom is -0.361 e. The molecule has 2 amide bonds. The van der Waals surface area contributed by atoms with Crippen molar-refractivity contribution in [3.8, 4) is 0 Å². The first kappa shape index (κ1) is 16.8. The van der Waals surface area contributed by atoms with Crippen LogP contribution >= 0.6 is 11.6 Å². The number of rotatable bonds is 2. The highest BCUT2D eigenvalue weighted by molar-refractivity contribution is 6.35. The summed E-state index contributed by atoms with van der Waals surface area (Å²) < 4.78 is 0. The van der Waals surface area contributed by atoms with E-state index in [2.05, 4.69) is 15.6 Å². The molecule has 1 spiro atoms. The normalized spacial score (nSPS) is 20.7. The van der Waals surface area contributed by atoms with Crippen LogP contribution < -0.4 is 10.6 Å². The number of hydrogen-bond donors (Lipinski definition) is 3. The minimum atomic E-state index is -0.133. The summed E-state index contributed by atoms with van der Waals surface area (Å²) in [5.41, 5.74) is 2.23. The Balaban J connectivity index is 1.33. The summed E-state index contributed by atoms with van der Waals surface area (Å²) in [5, 5.41) is 7.69. The number of nitrogens with one attached hydrogen (secondary N) is 3. The number of carbonyl (C=O) groups excluding carboxylic acids is 1. The van der Waals surface area contributed by atoms with Gasteiger partial charge in [0, 0.05) is 28.8 Å². The van der Waals surface area contributed by atoms with Gasteiger partial charge in [-0.05, 0) is 62.1 Å². The number of hydrogen-bond acceptors (Lipinski definition) is 1. The van der Waals surface area contributed by atoms with Crippen molar-refractivity contribution < 1.29 is 4.79 Å². The van der Waals surface area contributed by atoms with Crippen LogP contribution in [-0.2, 0) is 0 Å². The van der Waals surface area contributed by atoms with Crippen molar-refractivity contribution in [2.24, 2.45) is 5.41 Å². The highest BCUT2D eigenvalue weighted by atomic mass is 35.5. The quantitative estimate of drug-likeness (QED) is 0.620. The van der Waals surface area contributed by atoms with E-state index in [0.29, 0.717) is 10.4 Å². The molecule has 0 bridgehead atoms. The average molecular weight is 360 g/mol. The first-order chi connectivity index (χ1) is 12.1. The number of aromatic amines is 1. The zero-order chi connectivity index (χ0) is 17.3. The molecule has 25 heavy (non-hydrogen) atoms. The summed E-state index contributed by atoms with van der Waals surface area (Å²) in [6, 6.07) is 5.81. The molecular formula is C20H26ClN3O. The van der Waals surface area contributed by atoms with E-state index < -0.39 is 0 Å². The maximum atomic E-state index is 12.4. The van der Waals surface area contributed by atoms with Crippen LogP contribution in [0.5, 0.6) is 0 Å². The van der Waals surface area contributed by atoms with E-state index in [-0.39, 0.29) is 12.1 Å². The molecule has 1 heterocycles. The van der Waals surface area contributed by atoms with Crippen LogP contribution in [0.15, 0.2) is 24.4 Å². The van der Waals surface area contributed by atoms with Gasteiger partial charge in [-0.2, -0.15) is 0 Å². The molecule has 2 aliphatic carbocycles. The third-order valence-corrected chi connectivity index (χ3v) is 6.48. The van der Waals surface area contributed by atoms with Crippen molar-refractivity contribution in [3.05, 3.63) is 29.4 Å². The highest BCUT2D eigenvalue weighted by Gasteiger charge is 2.36. The van der Waals surface area contributed by atoms with Crippen molar-refractivity contribution in [2.75, 3.05) is 5.32 Å². The Morgan fingerprint density at radius 1 is 1.12 bits per heavy atom. The fourth-order valence-corrected chi connectivity index (χ4v) is 5.00. The van der Waals surface area contributed by atoms with E-state index in [1.165, 1.54) is 44.9 Å². The molecule has 1 aromatic heterocycles. The molecule has 0 saturated heterocycles. The van der Waals surface area contributed by atoms with E-state index in [4.69, 9.17) is 11.6 Å². The van der Waals surface area contributed by atoms with Gasteiger partial charge in [-0.3, -0.25) is 0 Å². The van der Waals surface area contributed by atoms with E-state index in [0.717, 1.165) is 29.4 Å². The second kappa shape index (κ2) is 6.91. The molecule has 5 heteroatoms. The van der Waals surface area contributed by atoms with E-state index in [1.54, 1.807) is 6.07 Å². The molecular weight excluding hydrogens is 334 g/mol. The Kier molecular flexibility index (Phi) is 4.63. The number of urea groups is 1. The topological polar surface area (TPSA) is 56.9 Å². The van der Waals surface area contributed by atoms with Gasteiger partial charge in [0.25, 0.3) is 0 Å². The molecule has 2 aromatic rings. The SMILES string of the molecule is O=C(Nc1cc(Cl)c2cc[nH]c2c1)NC1CCC2(CCCCC2)CC1. The lowest BCUT2D eigenvalue weighted by molar-refractivity contribution is 0.109. The Hall–Kier alpha value is -1.68. The summed E-state index contributed by atoms with van der Waals surface area (Å²) in [4.78, 5) is 15.5. The lowest BCUT2D eigenvalue weighted by atomic mass is 9.64. The van der Waals surface area contributed by atoms with E-state index >= 15 is 0 Å². The number of amides is 2.